The molecule has 0 aliphatic carbocycles. The van der Waals surface area contributed by atoms with Gasteiger partial charge in [0.2, 0.25) is 0 Å². The Morgan fingerprint density at radius 3 is 2.76 bits per heavy atom. The van der Waals surface area contributed by atoms with Crippen molar-refractivity contribution in [2.24, 2.45) is 0 Å². The Morgan fingerprint density at radius 1 is 1.48 bits per heavy atom. The van der Waals surface area contributed by atoms with Crippen LogP contribution in [0.2, 0.25) is 0 Å². The Labute approximate surface area is 127 Å². The van der Waals surface area contributed by atoms with Crippen LogP contribution in [0.5, 0.6) is 0 Å². The summed E-state index contributed by atoms with van der Waals surface area (Å²) >= 11 is 1.39. The van der Waals surface area contributed by atoms with Gasteiger partial charge in [0.25, 0.3) is 5.91 Å². The van der Waals surface area contributed by atoms with Gasteiger partial charge in [-0.1, -0.05) is 6.92 Å². The number of carboxylic acid groups (broad SMARTS) is 1. The van der Waals surface area contributed by atoms with Crippen molar-refractivity contribution in [3.8, 4) is 0 Å². The lowest BCUT2D eigenvalue weighted by atomic mass is 10.1. The molecule has 1 aliphatic rings. The van der Waals surface area contributed by atoms with Crippen LogP contribution in [0.4, 0.5) is 0 Å². The molecule has 0 radical (unpaired) electrons. The third-order valence-electron chi connectivity index (χ3n) is 3.53. The van der Waals surface area contributed by atoms with Crippen molar-refractivity contribution in [2.75, 3.05) is 19.8 Å². The first-order valence-corrected chi connectivity index (χ1v) is 7.98. The van der Waals surface area contributed by atoms with Crippen LogP contribution in [-0.2, 0) is 16.0 Å². The predicted molar refractivity (Wildman–Crippen MR) is 78.6 cm³/mol. The molecule has 1 saturated heterocycles. The summed E-state index contributed by atoms with van der Waals surface area (Å²) in [5.74, 6) is -1.00. The first-order valence-electron chi connectivity index (χ1n) is 7.17. The van der Waals surface area contributed by atoms with Gasteiger partial charge in [-0.15, -0.1) is 11.3 Å². The minimum Gasteiger partial charge on any atom is -0.481 e. The van der Waals surface area contributed by atoms with E-state index in [-0.39, 0.29) is 24.9 Å². The predicted octanol–water partition coefficient (Wildman–Crippen LogP) is 1.80. The maximum absolute atomic E-state index is 12.6. The maximum atomic E-state index is 12.6. The summed E-state index contributed by atoms with van der Waals surface area (Å²) in [6.45, 7) is 3.46. The largest absolute Gasteiger partial charge is 0.481 e. The molecule has 1 amide bonds. The van der Waals surface area contributed by atoms with Gasteiger partial charge in [-0.05, 0) is 19.3 Å². The summed E-state index contributed by atoms with van der Waals surface area (Å²) in [5, 5.41) is 9.80. The van der Waals surface area contributed by atoms with E-state index in [1.165, 1.54) is 11.3 Å². The highest BCUT2D eigenvalue weighted by Crippen LogP contribution is 2.21. The van der Waals surface area contributed by atoms with Crippen LogP contribution in [0.25, 0.3) is 0 Å². The van der Waals surface area contributed by atoms with E-state index in [1.54, 1.807) is 11.1 Å². The number of nitrogens with zero attached hydrogens (tertiary/aromatic N) is 2. The van der Waals surface area contributed by atoms with Crippen molar-refractivity contribution < 1.29 is 19.4 Å². The summed E-state index contributed by atoms with van der Waals surface area (Å²) in [6, 6.07) is 0.0535. The molecule has 1 N–H and O–H groups in total. The summed E-state index contributed by atoms with van der Waals surface area (Å²) in [6.07, 6.45) is 3.86. The third-order valence-corrected chi connectivity index (χ3v) is 4.66. The summed E-state index contributed by atoms with van der Waals surface area (Å²) in [5.41, 5.74) is 0. The fourth-order valence-electron chi connectivity index (χ4n) is 2.38. The summed E-state index contributed by atoms with van der Waals surface area (Å²) in [4.78, 5) is 30.0. The summed E-state index contributed by atoms with van der Waals surface area (Å²) < 4.78 is 5.32. The number of amides is 1. The van der Waals surface area contributed by atoms with Crippen LogP contribution in [0.1, 0.15) is 40.9 Å². The Balaban J connectivity index is 2.12. The number of aryl methyl sites for hydroxylation is 1. The third kappa shape index (κ3) is 4.25. The highest BCUT2D eigenvalue weighted by Gasteiger charge is 2.28. The molecule has 1 fully saturated rings. The molecule has 0 spiro atoms. The molecule has 0 unspecified atom stereocenters. The first kappa shape index (κ1) is 15.9. The molecule has 0 bridgehead atoms. The molecule has 1 aromatic heterocycles. The molecule has 1 aliphatic heterocycles. The smallest absolute Gasteiger partial charge is 0.305 e. The lowest BCUT2D eigenvalue weighted by Gasteiger charge is -2.33. The Kier molecular flexibility index (Phi) is 5.69. The molecule has 1 aromatic rings. The van der Waals surface area contributed by atoms with Crippen molar-refractivity contribution in [3.05, 3.63) is 16.1 Å². The number of ether oxygens (including phenoxy) is 1. The number of carboxylic acids is 1. The molecule has 0 aromatic carbocycles. The van der Waals surface area contributed by atoms with Gasteiger partial charge in [-0.3, -0.25) is 9.59 Å². The molecular formula is C14H20N2O4S. The highest BCUT2D eigenvalue weighted by molar-refractivity contribution is 7.13. The summed E-state index contributed by atoms with van der Waals surface area (Å²) in [7, 11) is 0. The first-order chi connectivity index (χ1) is 10.1. The van der Waals surface area contributed by atoms with Gasteiger partial charge in [0, 0.05) is 25.8 Å². The van der Waals surface area contributed by atoms with Gasteiger partial charge in [0.05, 0.1) is 17.6 Å². The lowest BCUT2D eigenvalue weighted by Crippen LogP contribution is -2.44. The average molecular weight is 312 g/mol. The van der Waals surface area contributed by atoms with Gasteiger partial charge < -0.3 is 14.7 Å². The van der Waals surface area contributed by atoms with Gasteiger partial charge in [0.1, 0.15) is 4.88 Å². The van der Waals surface area contributed by atoms with E-state index in [9.17, 15) is 9.59 Å². The molecule has 116 valence electrons. The second kappa shape index (κ2) is 7.51. The molecular weight excluding hydrogens is 292 g/mol. The SMILES string of the molecule is CCc1ncc(C(=O)N(CCC(=O)O)C2CCOCC2)s1. The Morgan fingerprint density at radius 2 is 2.19 bits per heavy atom. The van der Waals surface area contributed by atoms with Crippen LogP contribution in [0, 0.1) is 0 Å². The normalized spacial score (nSPS) is 15.9. The van der Waals surface area contributed by atoms with Crippen LogP contribution >= 0.6 is 11.3 Å². The number of hydrogen-bond acceptors (Lipinski definition) is 5. The molecule has 6 nitrogen and oxygen atoms in total. The number of carbonyl (C=O) groups is 2. The molecule has 0 saturated carbocycles. The maximum Gasteiger partial charge on any atom is 0.305 e. The second-order valence-electron chi connectivity index (χ2n) is 4.96. The van der Waals surface area contributed by atoms with E-state index in [4.69, 9.17) is 9.84 Å². The number of hydrogen-bond donors (Lipinski definition) is 1. The van der Waals surface area contributed by atoms with Crippen molar-refractivity contribution in [3.63, 3.8) is 0 Å². The van der Waals surface area contributed by atoms with Crippen molar-refractivity contribution in [1.82, 2.24) is 9.88 Å². The molecule has 7 heteroatoms. The molecule has 0 atom stereocenters. The van der Waals surface area contributed by atoms with Crippen LogP contribution in [0.3, 0.4) is 0 Å². The highest BCUT2D eigenvalue weighted by atomic mass is 32.1. The Hall–Kier alpha value is -1.47. The quantitative estimate of drug-likeness (QED) is 0.866. The van der Waals surface area contributed by atoms with Crippen molar-refractivity contribution in [2.45, 2.75) is 38.6 Å². The van der Waals surface area contributed by atoms with E-state index in [0.717, 1.165) is 24.3 Å². The monoisotopic (exact) mass is 312 g/mol. The van der Waals surface area contributed by atoms with E-state index < -0.39 is 5.97 Å². The zero-order valence-corrected chi connectivity index (χ0v) is 12.9. The van der Waals surface area contributed by atoms with Crippen molar-refractivity contribution >= 4 is 23.2 Å². The molecule has 2 heterocycles. The van der Waals surface area contributed by atoms with E-state index in [0.29, 0.717) is 18.1 Å². The zero-order chi connectivity index (χ0) is 15.2. The zero-order valence-electron chi connectivity index (χ0n) is 12.1. The Bertz CT molecular complexity index is 497. The molecule has 2 rings (SSSR count). The number of rotatable bonds is 6. The van der Waals surface area contributed by atoms with E-state index in [2.05, 4.69) is 4.98 Å². The van der Waals surface area contributed by atoms with Crippen LogP contribution in [0.15, 0.2) is 6.20 Å². The van der Waals surface area contributed by atoms with Crippen LogP contribution < -0.4 is 0 Å². The van der Waals surface area contributed by atoms with Gasteiger partial charge in [-0.2, -0.15) is 0 Å². The fourth-order valence-corrected chi connectivity index (χ4v) is 3.19. The lowest BCUT2D eigenvalue weighted by molar-refractivity contribution is -0.137. The fraction of sp³-hybridized carbons (Fsp3) is 0.643. The van der Waals surface area contributed by atoms with Crippen molar-refractivity contribution in [1.29, 1.82) is 0 Å². The number of carbonyl (C=O) groups excluding carboxylic acids is 1. The van der Waals surface area contributed by atoms with E-state index >= 15 is 0 Å². The van der Waals surface area contributed by atoms with Gasteiger partial charge >= 0.3 is 5.97 Å². The minimum absolute atomic E-state index is 0.0392. The van der Waals surface area contributed by atoms with Gasteiger partial charge in [0.15, 0.2) is 0 Å². The standard InChI is InChI=1S/C14H20N2O4S/c1-2-12-15-9-11(21-12)14(19)16(6-3-13(17)18)10-4-7-20-8-5-10/h9-10H,2-8H2,1H3,(H,17,18). The van der Waals surface area contributed by atoms with E-state index in [1.807, 2.05) is 6.92 Å². The number of aromatic nitrogens is 1. The second-order valence-corrected chi connectivity index (χ2v) is 6.07. The van der Waals surface area contributed by atoms with Crippen LogP contribution in [-0.4, -0.2) is 52.7 Å². The average Bonchev–Trinajstić information content (AvgIpc) is 2.97. The topological polar surface area (TPSA) is 79.7 Å². The number of thiazole rings is 1. The number of aliphatic carboxylic acids is 1. The molecule has 21 heavy (non-hydrogen) atoms. The minimum atomic E-state index is -0.890. The van der Waals surface area contributed by atoms with Gasteiger partial charge in [-0.25, -0.2) is 4.98 Å².